The fourth-order valence-electron chi connectivity index (χ4n) is 11.4. The van der Waals surface area contributed by atoms with Crippen LogP contribution in [0.15, 0.2) is 53.7 Å². The molecule has 16 heteroatoms. The van der Waals surface area contributed by atoms with Crippen molar-refractivity contribution in [1.29, 1.82) is 0 Å². The Bertz CT molecular complexity index is 2560. The number of fused-ring (bicyclic) bond motifs is 6. The summed E-state index contributed by atoms with van der Waals surface area (Å²) in [5.41, 5.74) is 8.00. The number of nitrogens with zero attached hydrogens (tertiary/aromatic N) is 4. The average Bonchev–Trinajstić information content (AvgIpc) is 4.18. The number of amides is 4. The number of ether oxygens (including phenoxy) is 5. The highest BCUT2D eigenvalue weighted by molar-refractivity contribution is 6.06. The molecule has 4 aromatic rings. The Kier molecular flexibility index (Phi) is 12.2. The van der Waals surface area contributed by atoms with Gasteiger partial charge in [-0.3, -0.25) is 14.6 Å². The molecule has 0 radical (unpaired) electrons. The Morgan fingerprint density at radius 1 is 0.742 bits per heavy atom. The lowest BCUT2D eigenvalue weighted by molar-refractivity contribution is -0.139. The average molecular weight is 902 g/mol. The Morgan fingerprint density at radius 3 is 2.00 bits per heavy atom. The van der Waals surface area contributed by atoms with Gasteiger partial charge in [0.25, 0.3) is 0 Å². The molecule has 4 fully saturated rings. The lowest BCUT2D eigenvalue weighted by atomic mass is 9.90. The van der Waals surface area contributed by atoms with Crippen LogP contribution in [0.25, 0.3) is 33.2 Å². The van der Waals surface area contributed by atoms with Gasteiger partial charge in [0.15, 0.2) is 0 Å². The van der Waals surface area contributed by atoms with Gasteiger partial charge in [-0.05, 0) is 134 Å². The first kappa shape index (κ1) is 43.9. The molecule has 66 heavy (non-hydrogen) atoms. The van der Waals surface area contributed by atoms with Crippen LogP contribution in [0.3, 0.4) is 0 Å². The molecule has 6 atom stereocenters. The molecule has 0 spiro atoms. The summed E-state index contributed by atoms with van der Waals surface area (Å²) in [6, 6.07) is 13.1. The molecule has 0 bridgehead atoms. The Hall–Kier alpha value is -6.00. The maximum absolute atomic E-state index is 14.4. The maximum atomic E-state index is 14.4. The van der Waals surface area contributed by atoms with Crippen LogP contribution in [0.5, 0.6) is 5.75 Å². The molecule has 16 nitrogen and oxygen atoms in total. The Morgan fingerprint density at radius 2 is 1.36 bits per heavy atom. The Balaban J connectivity index is 0.866. The smallest absolute Gasteiger partial charge is 0.407 e. The number of rotatable bonds is 9. The van der Waals surface area contributed by atoms with Crippen LogP contribution in [0.1, 0.15) is 88.2 Å². The lowest BCUT2D eigenvalue weighted by Crippen LogP contribution is -2.57. The third-order valence-electron chi connectivity index (χ3n) is 15.0. The summed E-state index contributed by atoms with van der Waals surface area (Å²) < 4.78 is 27.5. The van der Waals surface area contributed by atoms with Crippen LogP contribution in [-0.2, 0) is 41.6 Å². The number of aromatic amines is 1. The van der Waals surface area contributed by atoms with Gasteiger partial charge in [0.2, 0.25) is 11.8 Å². The number of imidazole rings is 1. The number of carbonyl (C=O) groups excluding carboxylic acids is 4. The Labute approximate surface area is 384 Å². The molecule has 0 saturated carbocycles. The molecule has 7 heterocycles. The fourth-order valence-corrected chi connectivity index (χ4v) is 11.4. The minimum atomic E-state index is -0.713. The van der Waals surface area contributed by atoms with Crippen molar-refractivity contribution in [2.75, 3.05) is 40.6 Å². The number of hydrogen-bond donors (Lipinski definition) is 3. The number of aromatic nitrogens is 2. The van der Waals surface area contributed by atoms with E-state index in [0.29, 0.717) is 71.0 Å². The van der Waals surface area contributed by atoms with E-state index in [9.17, 15) is 19.2 Å². The van der Waals surface area contributed by atoms with Crippen molar-refractivity contribution in [3.63, 3.8) is 0 Å². The summed E-state index contributed by atoms with van der Waals surface area (Å²) in [6.07, 6.45) is 7.21. The topological polar surface area (TPSA) is 186 Å². The van der Waals surface area contributed by atoms with Crippen LogP contribution in [0.2, 0.25) is 0 Å². The van der Waals surface area contributed by atoms with Gasteiger partial charge in [0.05, 0.1) is 43.9 Å². The lowest BCUT2D eigenvalue weighted by Gasteiger charge is -2.36. The largest absolute Gasteiger partial charge is 0.488 e. The molecule has 3 aromatic carbocycles. The van der Waals surface area contributed by atoms with Gasteiger partial charge in [-0.25, -0.2) is 14.6 Å². The van der Waals surface area contributed by atoms with Gasteiger partial charge in [-0.15, -0.1) is 0 Å². The highest BCUT2D eigenvalue weighted by Crippen LogP contribution is 2.45. The number of benzene rings is 3. The van der Waals surface area contributed by atoms with E-state index in [-0.39, 0.29) is 47.8 Å². The number of hydrogen-bond acceptors (Lipinski definition) is 11. The SMILES string of the molecule is COC(=O)N[C@H](C(=O)N1[C@@H](C)CC[C@H]1C1=Nc2ccc3cc4c(cc3c2C1)OCc1cc(-c2cnc([C@@H]3CC[C@H](C)N3C(=O)[C@@H](NC(=O)OC)C3CCOCC3)[nH]2)ccc1-4)C1CCOCC1. The normalized spacial score (nSPS) is 23.8. The van der Waals surface area contributed by atoms with Gasteiger partial charge >= 0.3 is 12.2 Å². The third kappa shape index (κ3) is 8.16. The van der Waals surface area contributed by atoms with E-state index in [1.165, 1.54) is 14.2 Å². The number of nitrogens with one attached hydrogen (secondary N) is 3. The summed E-state index contributed by atoms with van der Waals surface area (Å²) >= 11 is 0. The first-order valence-corrected chi connectivity index (χ1v) is 23.6. The van der Waals surface area contributed by atoms with Crippen LogP contribution in [0.4, 0.5) is 15.3 Å². The summed E-state index contributed by atoms with van der Waals surface area (Å²) in [5, 5.41) is 7.89. The van der Waals surface area contributed by atoms with Crippen LogP contribution in [-0.4, -0.2) is 120 Å². The number of H-pyrrole nitrogens is 1. The number of alkyl carbamates (subject to hydrolysis) is 2. The summed E-state index contributed by atoms with van der Waals surface area (Å²) in [4.78, 5) is 71.0. The van der Waals surface area contributed by atoms with E-state index < -0.39 is 24.3 Å². The molecule has 4 saturated heterocycles. The van der Waals surface area contributed by atoms with E-state index in [4.69, 9.17) is 33.7 Å². The molecular formula is C50H59N7O9. The highest BCUT2D eigenvalue weighted by Gasteiger charge is 2.45. The minimum Gasteiger partial charge on any atom is -0.488 e. The van der Waals surface area contributed by atoms with E-state index >= 15 is 0 Å². The molecule has 6 aliphatic rings. The van der Waals surface area contributed by atoms with Crippen LogP contribution in [0, 0.1) is 11.8 Å². The number of carbonyl (C=O) groups is 4. The van der Waals surface area contributed by atoms with E-state index in [2.05, 4.69) is 71.9 Å². The van der Waals surface area contributed by atoms with Crippen molar-refractivity contribution in [3.05, 3.63) is 65.6 Å². The molecular weight excluding hydrogens is 843 g/mol. The predicted molar refractivity (Wildman–Crippen MR) is 245 cm³/mol. The second-order valence-corrected chi connectivity index (χ2v) is 18.8. The van der Waals surface area contributed by atoms with Gasteiger partial charge in [-0.2, -0.15) is 0 Å². The third-order valence-corrected chi connectivity index (χ3v) is 15.0. The van der Waals surface area contributed by atoms with E-state index in [1.807, 2.05) is 16.0 Å². The van der Waals surface area contributed by atoms with Crippen molar-refractivity contribution in [2.24, 2.45) is 16.8 Å². The molecule has 3 N–H and O–H groups in total. The quantitative estimate of drug-likeness (QED) is 0.156. The van der Waals surface area contributed by atoms with Gasteiger partial charge in [0.1, 0.15) is 30.3 Å². The first-order chi connectivity index (χ1) is 32.1. The standard InChI is InChI=1S/C50H59N7O9/c1-27-5-11-41(56(27)47(58)44(54-49(60)62-3)29-13-17-64-18-14-29)39-23-36-35-24-43-37(22-31(35)8-10-38(36)52-39)34-9-7-32(21-33(34)26-66-43)40-25-51-46(53-40)42-12-6-28(2)57(42)48(59)45(55-50(61)63-4)30-15-19-65-20-16-30/h7-10,21-22,24-25,27-30,41-42,44-45H,5-6,11-20,23,26H2,1-4H3,(H,51,53)(H,54,60)(H,55,61)/t27-,28-,41-,42-,44-,45-/m0/s1. The van der Waals surface area contributed by atoms with Gasteiger partial charge in [-0.1, -0.05) is 18.2 Å². The molecule has 348 valence electrons. The van der Waals surface area contributed by atoms with Crippen molar-refractivity contribution in [2.45, 2.75) is 114 Å². The summed E-state index contributed by atoms with van der Waals surface area (Å²) in [5.74, 6) is 1.23. The first-order valence-electron chi connectivity index (χ1n) is 23.6. The number of methoxy groups -OCH3 is 2. The van der Waals surface area contributed by atoms with Crippen molar-refractivity contribution >= 4 is 46.2 Å². The van der Waals surface area contributed by atoms with E-state index in [0.717, 1.165) is 87.1 Å². The van der Waals surface area contributed by atoms with Gasteiger partial charge in [0, 0.05) is 56.2 Å². The minimum absolute atomic E-state index is 0.000525. The van der Waals surface area contributed by atoms with Crippen LogP contribution >= 0.6 is 0 Å². The molecule has 0 unspecified atom stereocenters. The zero-order valence-corrected chi connectivity index (χ0v) is 38.1. The van der Waals surface area contributed by atoms with Gasteiger partial charge < -0.3 is 49.1 Å². The van der Waals surface area contributed by atoms with Crippen LogP contribution < -0.4 is 15.4 Å². The molecule has 1 aromatic heterocycles. The zero-order valence-electron chi connectivity index (χ0n) is 38.1. The predicted octanol–water partition coefficient (Wildman–Crippen LogP) is 7.15. The second-order valence-electron chi connectivity index (χ2n) is 18.8. The van der Waals surface area contributed by atoms with Crippen molar-refractivity contribution in [1.82, 2.24) is 30.4 Å². The van der Waals surface area contributed by atoms with Crippen molar-refractivity contribution in [3.8, 4) is 28.1 Å². The maximum Gasteiger partial charge on any atom is 0.407 e. The second kappa shape index (κ2) is 18.4. The number of likely N-dealkylation sites (tertiary alicyclic amines) is 2. The molecule has 6 aliphatic heterocycles. The zero-order chi connectivity index (χ0) is 45.6. The monoisotopic (exact) mass is 901 g/mol. The molecule has 10 rings (SSSR count). The van der Waals surface area contributed by atoms with Crippen molar-refractivity contribution < 1.29 is 42.9 Å². The fraction of sp³-hybridized carbons (Fsp3) is 0.520. The molecule has 4 amide bonds. The number of aliphatic imine (C=N–C) groups is 1. The summed E-state index contributed by atoms with van der Waals surface area (Å²) in [6.45, 7) is 6.74. The summed E-state index contributed by atoms with van der Waals surface area (Å²) in [7, 11) is 2.64. The van der Waals surface area contributed by atoms with E-state index in [1.54, 1.807) is 0 Å². The highest BCUT2D eigenvalue weighted by atomic mass is 16.5. The molecule has 0 aliphatic carbocycles.